The number of hydrogen-bond acceptors (Lipinski definition) is 7. The van der Waals surface area contributed by atoms with Crippen molar-refractivity contribution in [3.8, 4) is 0 Å². The van der Waals surface area contributed by atoms with E-state index in [-0.39, 0.29) is 42.1 Å². The largest absolute Gasteiger partial charge is 0.481 e. The molecule has 12 heteroatoms. The standard InChI is InChI=1S/C23H24FN3O7S/c24-17-5-3-14(4-6-17)12-35-13-19(28)18(9-21(31)32)27-23(34)16-8-15(10-25-11-16)22(33)26-7-1-2-20(29)30/h3-6,8,10-11,18H,1-2,7,9,12-13H2,(H,26,33)(H,27,34)(H,29,30)(H,31,32)/t18-/m0/s1. The number of carbonyl (C=O) groups is 5. The summed E-state index contributed by atoms with van der Waals surface area (Å²) in [5.74, 6) is -4.17. The molecule has 1 aromatic carbocycles. The molecule has 0 aliphatic heterocycles. The van der Waals surface area contributed by atoms with E-state index >= 15 is 0 Å². The molecule has 0 aliphatic rings. The van der Waals surface area contributed by atoms with Crippen molar-refractivity contribution in [2.24, 2.45) is 0 Å². The van der Waals surface area contributed by atoms with Crippen LogP contribution in [0.2, 0.25) is 0 Å². The predicted octanol–water partition coefficient (Wildman–Crippen LogP) is 1.89. The molecule has 35 heavy (non-hydrogen) atoms. The van der Waals surface area contributed by atoms with Crippen LogP contribution in [0.3, 0.4) is 0 Å². The molecule has 1 atom stereocenters. The first kappa shape index (κ1) is 27.4. The molecule has 2 aromatic rings. The minimum atomic E-state index is -1.30. The van der Waals surface area contributed by atoms with Gasteiger partial charge in [-0.15, -0.1) is 11.8 Å². The van der Waals surface area contributed by atoms with E-state index in [1.54, 1.807) is 12.1 Å². The summed E-state index contributed by atoms with van der Waals surface area (Å²) in [6.07, 6.45) is 1.88. The maximum absolute atomic E-state index is 13.0. The summed E-state index contributed by atoms with van der Waals surface area (Å²) in [6, 6.07) is 5.68. The topological polar surface area (TPSA) is 163 Å². The second-order valence-electron chi connectivity index (χ2n) is 7.42. The number of nitrogens with zero attached hydrogens (tertiary/aromatic N) is 1. The van der Waals surface area contributed by atoms with Crippen molar-refractivity contribution < 1.29 is 38.6 Å². The van der Waals surface area contributed by atoms with Crippen molar-refractivity contribution in [1.29, 1.82) is 0 Å². The summed E-state index contributed by atoms with van der Waals surface area (Å²) >= 11 is 1.20. The van der Waals surface area contributed by atoms with Crippen LogP contribution in [0, 0.1) is 5.82 Å². The van der Waals surface area contributed by atoms with Gasteiger partial charge in [0.05, 0.1) is 29.3 Å². The lowest BCUT2D eigenvalue weighted by atomic mass is 10.1. The summed E-state index contributed by atoms with van der Waals surface area (Å²) in [6.45, 7) is 0.117. The summed E-state index contributed by atoms with van der Waals surface area (Å²) in [5.41, 5.74) is 0.779. The molecule has 0 unspecified atom stereocenters. The van der Waals surface area contributed by atoms with Gasteiger partial charge in [-0.25, -0.2) is 4.39 Å². The van der Waals surface area contributed by atoms with Gasteiger partial charge < -0.3 is 20.8 Å². The third-order valence-corrected chi connectivity index (χ3v) is 5.64. The Kier molecular flexibility index (Phi) is 10.8. The molecule has 2 rings (SSSR count). The number of benzene rings is 1. The number of rotatable bonds is 14. The minimum Gasteiger partial charge on any atom is -0.481 e. The first-order valence-corrected chi connectivity index (χ1v) is 11.6. The molecule has 0 aliphatic carbocycles. The summed E-state index contributed by atoms with van der Waals surface area (Å²) in [4.78, 5) is 63.0. The molecule has 4 N–H and O–H groups in total. The van der Waals surface area contributed by atoms with Crippen LogP contribution in [-0.2, 0) is 20.1 Å². The number of hydrogen-bond donors (Lipinski definition) is 4. The van der Waals surface area contributed by atoms with E-state index in [9.17, 15) is 28.4 Å². The zero-order valence-electron chi connectivity index (χ0n) is 18.5. The average Bonchev–Trinajstić information content (AvgIpc) is 2.82. The first-order valence-electron chi connectivity index (χ1n) is 10.5. The van der Waals surface area contributed by atoms with Crippen LogP contribution in [0.15, 0.2) is 42.7 Å². The molecule has 0 radical (unpaired) electrons. The van der Waals surface area contributed by atoms with Gasteiger partial charge in [0.25, 0.3) is 11.8 Å². The zero-order chi connectivity index (χ0) is 25.8. The van der Waals surface area contributed by atoms with Crippen LogP contribution in [0.5, 0.6) is 0 Å². The molecule has 2 amide bonds. The number of carboxylic acids is 2. The number of carboxylic acid groups (broad SMARTS) is 2. The summed E-state index contributed by atoms with van der Waals surface area (Å²) < 4.78 is 13.0. The maximum Gasteiger partial charge on any atom is 0.305 e. The van der Waals surface area contributed by atoms with Gasteiger partial charge in [-0.05, 0) is 30.2 Å². The van der Waals surface area contributed by atoms with Gasteiger partial charge in [0.2, 0.25) is 0 Å². The molecule has 10 nitrogen and oxygen atoms in total. The Morgan fingerprint density at radius 2 is 1.63 bits per heavy atom. The van der Waals surface area contributed by atoms with Crippen molar-refractivity contribution in [1.82, 2.24) is 15.6 Å². The summed E-state index contributed by atoms with van der Waals surface area (Å²) in [7, 11) is 0. The monoisotopic (exact) mass is 505 g/mol. The lowest BCUT2D eigenvalue weighted by Gasteiger charge is -2.16. The predicted molar refractivity (Wildman–Crippen MR) is 125 cm³/mol. The number of nitrogens with one attached hydrogen (secondary N) is 2. The van der Waals surface area contributed by atoms with Crippen LogP contribution >= 0.6 is 11.8 Å². The number of thioether (sulfide) groups is 1. The fraction of sp³-hybridized carbons (Fsp3) is 0.304. The van der Waals surface area contributed by atoms with E-state index in [4.69, 9.17) is 10.2 Å². The van der Waals surface area contributed by atoms with E-state index in [0.29, 0.717) is 5.75 Å². The van der Waals surface area contributed by atoms with Crippen molar-refractivity contribution in [3.63, 3.8) is 0 Å². The van der Waals surface area contributed by atoms with E-state index in [1.165, 1.54) is 42.4 Å². The fourth-order valence-electron chi connectivity index (χ4n) is 2.84. The number of amides is 2. The Labute approximate surface area is 204 Å². The molecule has 1 heterocycles. The smallest absolute Gasteiger partial charge is 0.305 e. The number of carbonyl (C=O) groups excluding carboxylic acids is 3. The second-order valence-corrected chi connectivity index (χ2v) is 8.41. The maximum atomic E-state index is 13.0. The zero-order valence-corrected chi connectivity index (χ0v) is 19.3. The fourth-order valence-corrected chi connectivity index (χ4v) is 3.78. The molecule has 0 bridgehead atoms. The van der Waals surface area contributed by atoms with Crippen molar-refractivity contribution in [2.75, 3.05) is 12.3 Å². The highest BCUT2D eigenvalue weighted by atomic mass is 32.2. The van der Waals surface area contributed by atoms with Gasteiger partial charge in [0, 0.05) is 31.1 Å². The number of aliphatic carboxylic acids is 2. The van der Waals surface area contributed by atoms with Crippen molar-refractivity contribution in [2.45, 2.75) is 31.1 Å². The highest BCUT2D eigenvalue weighted by Gasteiger charge is 2.24. The van der Waals surface area contributed by atoms with Crippen LogP contribution in [0.4, 0.5) is 4.39 Å². The number of pyridine rings is 1. The lowest BCUT2D eigenvalue weighted by Crippen LogP contribution is -2.43. The van der Waals surface area contributed by atoms with Crippen molar-refractivity contribution >= 4 is 41.3 Å². The second kappa shape index (κ2) is 13.8. The van der Waals surface area contributed by atoms with Crippen LogP contribution in [-0.4, -0.2) is 63.1 Å². The Hall–Kier alpha value is -3.80. The highest BCUT2D eigenvalue weighted by Crippen LogP contribution is 2.14. The molecule has 0 spiro atoms. The molecule has 1 aromatic heterocycles. The van der Waals surface area contributed by atoms with Crippen molar-refractivity contribution in [3.05, 3.63) is 65.2 Å². The molecule has 0 saturated heterocycles. The van der Waals surface area contributed by atoms with Gasteiger partial charge in [0.15, 0.2) is 5.78 Å². The lowest BCUT2D eigenvalue weighted by molar-refractivity contribution is -0.139. The number of ketones is 1. The third-order valence-electron chi connectivity index (χ3n) is 4.61. The minimum absolute atomic E-state index is 0.0453. The third kappa shape index (κ3) is 9.92. The average molecular weight is 506 g/mol. The Bertz CT molecular complexity index is 1080. The van der Waals surface area contributed by atoms with E-state index in [0.717, 1.165) is 5.56 Å². The molecular weight excluding hydrogens is 481 g/mol. The van der Waals surface area contributed by atoms with Gasteiger partial charge in [-0.1, -0.05) is 12.1 Å². The number of halogens is 1. The SMILES string of the molecule is O=C(O)CCCNC(=O)c1cncc(C(=O)N[C@@H](CC(=O)O)C(=O)CSCc2ccc(F)cc2)c1. The van der Waals surface area contributed by atoms with Crippen LogP contribution in [0.25, 0.3) is 0 Å². The molecule has 186 valence electrons. The Morgan fingerprint density at radius 3 is 2.26 bits per heavy atom. The van der Waals surface area contributed by atoms with E-state index < -0.39 is 42.0 Å². The van der Waals surface area contributed by atoms with Gasteiger partial charge >= 0.3 is 11.9 Å². The number of Topliss-reactive ketones (excluding diaryl/α,β-unsaturated/α-hetero) is 1. The van der Waals surface area contributed by atoms with Crippen LogP contribution < -0.4 is 10.6 Å². The summed E-state index contributed by atoms with van der Waals surface area (Å²) in [5, 5.41) is 22.7. The van der Waals surface area contributed by atoms with Gasteiger partial charge in [-0.2, -0.15) is 0 Å². The number of aromatic nitrogens is 1. The first-order chi connectivity index (χ1) is 16.7. The molecular formula is C23H24FN3O7S. The molecule has 0 saturated carbocycles. The van der Waals surface area contributed by atoms with Gasteiger partial charge in [0.1, 0.15) is 5.82 Å². The normalized spacial score (nSPS) is 11.3. The molecule has 0 fully saturated rings. The highest BCUT2D eigenvalue weighted by molar-refractivity contribution is 7.99. The van der Waals surface area contributed by atoms with Gasteiger partial charge in [-0.3, -0.25) is 29.0 Å². The van der Waals surface area contributed by atoms with E-state index in [2.05, 4.69) is 15.6 Å². The quantitative estimate of drug-likeness (QED) is 0.281. The van der Waals surface area contributed by atoms with Crippen LogP contribution in [0.1, 0.15) is 45.5 Å². The Morgan fingerprint density at radius 1 is 0.971 bits per heavy atom. The van der Waals surface area contributed by atoms with E-state index in [1.807, 2.05) is 0 Å². The Balaban J connectivity index is 1.96.